The lowest BCUT2D eigenvalue weighted by Gasteiger charge is -2.27. The Kier molecular flexibility index (Phi) is 7.78. The van der Waals surface area contributed by atoms with Crippen LogP contribution in [0, 0.1) is 0 Å². The molecule has 0 saturated heterocycles. The van der Waals surface area contributed by atoms with Crippen LogP contribution in [0.4, 0.5) is 17.1 Å². The first kappa shape index (κ1) is 32.7. The highest BCUT2D eigenvalue weighted by Gasteiger charge is 2.23. The Bertz CT molecular complexity index is 3120. The van der Waals surface area contributed by atoms with E-state index in [1.807, 2.05) is 36.4 Å². The van der Waals surface area contributed by atoms with E-state index in [4.69, 9.17) is 13.8 Å². The van der Waals surface area contributed by atoms with Crippen LogP contribution in [0.3, 0.4) is 0 Å². The molecule has 0 aliphatic rings. The molecule has 0 bridgehead atoms. The smallest absolute Gasteiger partial charge is 0.227 e. The number of para-hydroxylation sites is 1. The number of benzene rings is 9. The molecule has 0 aliphatic carbocycles. The fraction of sp³-hybridized carbons (Fsp3) is 0. The van der Waals surface area contributed by atoms with Crippen molar-refractivity contribution in [3.8, 4) is 44.8 Å². The second kappa shape index (κ2) is 13.6. The number of aromatic nitrogens is 1. The number of rotatable bonds is 7. The van der Waals surface area contributed by atoms with E-state index in [-0.39, 0.29) is 0 Å². The fourth-order valence-corrected chi connectivity index (χ4v) is 8.20. The van der Waals surface area contributed by atoms with Crippen molar-refractivity contribution in [1.82, 2.24) is 4.98 Å². The summed E-state index contributed by atoms with van der Waals surface area (Å²) in [6.07, 6.45) is 0. The van der Waals surface area contributed by atoms with Crippen molar-refractivity contribution in [2.45, 2.75) is 0 Å². The monoisotopic (exact) mass is 730 g/mol. The lowest BCUT2D eigenvalue weighted by Crippen LogP contribution is -2.10. The van der Waals surface area contributed by atoms with Gasteiger partial charge in [0.1, 0.15) is 16.7 Å². The molecule has 11 rings (SSSR count). The zero-order chi connectivity index (χ0) is 37.7. The van der Waals surface area contributed by atoms with E-state index in [0.29, 0.717) is 5.89 Å². The lowest BCUT2D eigenvalue weighted by atomic mass is 9.96. The maximum absolute atomic E-state index is 6.83. The number of furan rings is 1. The van der Waals surface area contributed by atoms with Crippen molar-refractivity contribution in [3.05, 3.63) is 206 Å². The molecule has 11 aromatic rings. The molecule has 2 heterocycles. The summed E-state index contributed by atoms with van der Waals surface area (Å²) in [6.45, 7) is 0. The summed E-state index contributed by atoms with van der Waals surface area (Å²) in [5.41, 5.74) is 14.0. The minimum atomic E-state index is 0.600. The van der Waals surface area contributed by atoms with Gasteiger partial charge in [-0.3, -0.25) is 0 Å². The van der Waals surface area contributed by atoms with Crippen LogP contribution in [-0.2, 0) is 0 Å². The van der Waals surface area contributed by atoms with Crippen LogP contribution in [0.5, 0.6) is 0 Å². The first-order valence-electron chi connectivity index (χ1n) is 19.2. The van der Waals surface area contributed by atoms with Crippen molar-refractivity contribution in [1.29, 1.82) is 0 Å². The normalized spacial score (nSPS) is 11.5. The topological polar surface area (TPSA) is 42.4 Å². The molecule has 0 aliphatic heterocycles. The highest BCUT2D eigenvalue weighted by Crippen LogP contribution is 2.47. The van der Waals surface area contributed by atoms with Gasteiger partial charge in [0.05, 0.1) is 5.69 Å². The van der Waals surface area contributed by atoms with Gasteiger partial charge in [0, 0.05) is 44.0 Å². The van der Waals surface area contributed by atoms with Gasteiger partial charge >= 0.3 is 0 Å². The molecule has 0 saturated carbocycles. The standard InChI is InChI=1S/C53H34N2O2/c1-4-14-35(15-5-1)37-26-30-40(31-27-37)55(41-32-28-38(29-33-41)36-16-6-2-7-17-36)48-34-46-50-43(22-13-25-49(50)56-51(46)44-21-11-10-20-42(44)48)45-23-12-24-47-52(45)57-53(54-47)39-18-8-3-9-19-39/h1-34H. The molecular formula is C53H34N2O2. The van der Waals surface area contributed by atoms with Gasteiger partial charge in [0.25, 0.3) is 0 Å². The molecule has 0 unspecified atom stereocenters. The molecule has 0 atom stereocenters. The molecule has 0 fully saturated rings. The highest BCUT2D eigenvalue weighted by molar-refractivity contribution is 6.23. The van der Waals surface area contributed by atoms with Crippen molar-refractivity contribution in [2.75, 3.05) is 4.90 Å². The first-order chi connectivity index (χ1) is 28.3. The first-order valence-corrected chi connectivity index (χ1v) is 19.2. The van der Waals surface area contributed by atoms with E-state index in [9.17, 15) is 0 Å². The van der Waals surface area contributed by atoms with Crippen molar-refractivity contribution < 1.29 is 8.83 Å². The van der Waals surface area contributed by atoms with E-state index < -0.39 is 0 Å². The minimum absolute atomic E-state index is 0.600. The molecule has 0 radical (unpaired) electrons. The van der Waals surface area contributed by atoms with Crippen molar-refractivity contribution >= 4 is 60.9 Å². The average molecular weight is 731 g/mol. The zero-order valence-electron chi connectivity index (χ0n) is 30.8. The quantitative estimate of drug-likeness (QED) is 0.164. The third-order valence-electron chi connectivity index (χ3n) is 10.9. The molecule has 4 heteroatoms. The van der Waals surface area contributed by atoms with Gasteiger partial charge in [-0.2, -0.15) is 0 Å². The molecule has 0 amide bonds. The van der Waals surface area contributed by atoms with Gasteiger partial charge in [-0.25, -0.2) is 4.98 Å². The summed E-state index contributed by atoms with van der Waals surface area (Å²) in [5.74, 6) is 0.600. The number of hydrogen-bond donors (Lipinski definition) is 0. The van der Waals surface area contributed by atoms with Gasteiger partial charge < -0.3 is 13.7 Å². The zero-order valence-corrected chi connectivity index (χ0v) is 30.8. The maximum atomic E-state index is 6.83. The fourth-order valence-electron chi connectivity index (χ4n) is 8.20. The molecule has 57 heavy (non-hydrogen) atoms. The Hall–Kier alpha value is -7.69. The Labute approximate surface area is 329 Å². The Balaban J connectivity index is 1.14. The summed E-state index contributed by atoms with van der Waals surface area (Å²) < 4.78 is 13.4. The molecule has 0 spiro atoms. The van der Waals surface area contributed by atoms with Gasteiger partial charge in [-0.15, -0.1) is 0 Å². The van der Waals surface area contributed by atoms with Gasteiger partial charge in [-0.05, 0) is 82.4 Å². The van der Waals surface area contributed by atoms with Crippen LogP contribution in [0.2, 0.25) is 0 Å². The predicted molar refractivity (Wildman–Crippen MR) is 235 cm³/mol. The molecule has 2 aromatic heterocycles. The third kappa shape index (κ3) is 5.66. The van der Waals surface area contributed by atoms with Gasteiger partial charge in [0.15, 0.2) is 5.58 Å². The van der Waals surface area contributed by atoms with Crippen LogP contribution in [-0.4, -0.2) is 4.98 Å². The summed E-state index contributed by atoms with van der Waals surface area (Å²) in [6, 6.07) is 72.2. The van der Waals surface area contributed by atoms with Crippen LogP contribution >= 0.6 is 0 Å². The van der Waals surface area contributed by atoms with E-state index >= 15 is 0 Å². The lowest BCUT2D eigenvalue weighted by molar-refractivity contribution is 0.621. The Morgan fingerprint density at radius 2 is 0.895 bits per heavy atom. The Morgan fingerprint density at radius 1 is 0.368 bits per heavy atom. The number of nitrogens with zero attached hydrogens (tertiary/aromatic N) is 2. The number of anilines is 3. The summed E-state index contributed by atoms with van der Waals surface area (Å²) >= 11 is 0. The van der Waals surface area contributed by atoms with Gasteiger partial charge in [0.2, 0.25) is 5.89 Å². The number of fused-ring (bicyclic) bond motifs is 6. The number of hydrogen-bond acceptors (Lipinski definition) is 4. The van der Waals surface area contributed by atoms with E-state index in [1.54, 1.807) is 0 Å². The second-order valence-electron chi connectivity index (χ2n) is 14.3. The van der Waals surface area contributed by atoms with E-state index in [0.717, 1.165) is 77.6 Å². The largest absolute Gasteiger partial charge is 0.455 e. The van der Waals surface area contributed by atoms with Crippen LogP contribution < -0.4 is 4.90 Å². The summed E-state index contributed by atoms with van der Waals surface area (Å²) in [5, 5.41) is 4.20. The van der Waals surface area contributed by atoms with Crippen LogP contribution in [0.25, 0.3) is 88.6 Å². The Morgan fingerprint density at radius 3 is 1.53 bits per heavy atom. The van der Waals surface area contributed by atoms with Crippen LogP contribution in [0.1, 0.15) is 0 Å². The molecule has 268 valence electrons. The van der Waals surface area contributed by atoms with Crippen molar-refractivity contribution in [3.63, 3.8) is 0 Å². The van der Waals surface area contributed by atoms with Crippen LogP contribution in [0.15, 0.2) is 215 Å². The summed E-state index contributed by atoms with van der Waals surface area (Å²) in [4.78, 5) is 7.27. The number of oxazole rings is 1. The molecule has 9 aromatic carbocycles. The van der Waals surface area contributed by atoms with Gasteiger partial charge in [-0.1, -0.05) is 152 Å². The molecular weight excluding hydrogens is 697 g/mol. The average Bonchev–Trinajstić information content (AvgIpc) is 3.91. The second-order valence-corrected chi connectivity index (χ2v) is 14.3. The third-order valence-corrected chi connectivity index (χ3v) is 10.9. The molecule has 0 N–H and O–H groups in total. The predicted octanol–water partition coefficient (Wildman–Crippen LogP) is 15.0. The maximum Gasteiger partial charge on any atom is 0.227 e. The highest BCUT2D eigenvalue weighted by atomic mass is 16.3. The van der Waals surface area contributed by atoms with E-state index in [1.165, 1.54) is 22.3 Å². The van der Waals surface area contributed by atoms with Crippen molar-refractivity contribution in [2.24, 2.45) is 0 Å². The minimum Gasteiger partial charge on any atom is -0.455 e. The van der Waals surface area contributed by atoms with E-state index in [2.05, 4.69) is 175 Å². The summed E-state index contributed by atoms with van der Waals surface area (Å²) in [7, 11) is 0. The SMILES string of the molecule is c1ccc(-c2ccc(N(c3ccc(-c4ccccc4)cc3)c3cc4c(oc5cccc(-c6cccc7nc(-c8ccccc8)oc67)c54)c4ccccc34)cc2)cc1. The molecule has 4 nitrogen and oxygen atoms in total.